The number of hydrogen-bond donors (Lipinski definition) is 2. The second kappa shape index (κ2) is 12.6. The van der Waals surface area contributed by atoms with Gasteiger partial charge in [0, 0.05) is 26.8 Å². The first-order valence-electron chi connectivity index (χ1n) is 8.21. The lowest BCUT2D eigenvalue weighted by atomic mass is 10.1. The van der Waals surface area contributed by atoms with E-state index >= 15 is 0 Å². The Morgan fingerprint density at radius 3 is 1.23 bits per heavy atom. The molecule has 2 N–H and O–H groups in total. The van der Waals surface area contributed by atoms with Crippen molar-refractivity contribution in [3.05, 3.63) is 62.2 Å². The van der Waals surface area contributed by atoms with Crippen LogP contribution in [0.25, 0.3) is 0 Å². The van der Waals surface area contributed by atoms with Crippen molar-refractivity contribution in [1.29, 1.82) is 0 Å². The molecule has 0 heterocycles. The van der Waals surface area contributed by atoms with Crippen molar-refractivity contribution in [2.45, 2.75) is 18.7 Å². The third-order valence-electron chi connectivity index (χ3n) is 4.26. The van der Waals surface area contributed by atoms with Crippen molar-refractivity contribution in [3.8, 4) is 0 Å². The fourth-order valence-corrected chi connectivity index (χ4v) is 9.20. The summed E-state index contributed by atoms with van der Waals surface area (Å²) in [5.41, 5.74) is 1.58. The number of rotatable bonds is 8. The molecule has 0 fully saturated rings. The van der Waals surface area contributed by atoms with Crippen LogP contribution in [0.2, 0.25) is 0 Å². The lowest BCUT2D eigenvalue weighted by Gasteiger charge is -2.38. The molecule has 0 saturated carbocycles. The van der Waals surface area contributed by atoms with Gasteiger partial charge in [0.05, 0.1) is 13.2 Å². The summed E-state index contributed by atoms with van der Waals surface area (Å²) in [6.07, 6.45) is -1.55. The van der Waals surface area contributed by atoms with Gasteiger partial charge in [0.15, 0.2) is 0 Å². The summed E-state index contributed by atoms with van der Waals surface area (Å²) in [4.78, 5) is 0. The number of alkyl halides is 4. The monoisotopic (exact) mass is 1070 g/mol. The van der Waals surface area contributed by atoms with Crippen LogP contribution in [0.5, 0.6) is 0 Å². The molecule has 2 atom stereocenters. The predicted molar refractivity (Wildman–Crippen MR) is 161 cm³/mol. The summed E-state index contributed by atoms with van der Waals surface area (Å²) >= 11 is 35.9. The lowest BCUT2D eigenvalue weighted by Crippen LogP contribution is -2.44. The van der Waals surface area contributed by atoms with Crippen LogP contribution in [0.3, 0.4) is 0 Å². The van der Waals surface area contributed by atoms with Crippen molar-refractivity contribution < 1.29 is 14.9 Å². The third kappa shape index (κ3) is 6.71. The second-order valence-electron chi connectivity index (χ2n) is 6.17. The van der Waals surface area contributed by atoms with Gasteiger partial charge in [0.1, 0.15) is 18.7 Å². The van der Waals surface area contributed by atoms with Gasteiger partial charge in [-0.15, -0.1) is 0 Å². The minimum absolute atomic E-state index is 0.325. The summed E-state index contributed by atoms with van der Waals surface area (Å²) in [6.45, 7) is -0.650. The van der Waals surface area contributed by atoms with Crippen molar-refractivity contribution in [3.63, 3.8) is 0 Å². The molecule has 0 radical (unpaired) electrons. The van der Waals surface area contributed by atoms with Gasteiger partial charge >= 0.3 is 0 Å². The van der Waals surface area contributed by atoms with Crippen LogP contribution in [0, 0.1) is 0 Å². The van der Waals surface area contributed by atoms with Crippen LogP contribution in [0.4, 0.5) is 0 Å². The zero-order valence-corrected chi connectivity index (χ0v) is 30.8. The highest BCUT2D eigenvalue weighted by atomic mass is 79.9. The Labute approximate surface area is 264 Å². The zero-order valence-electron chi connectivity index (χ0n) is 15.0. The van der Waals surface area contributed by atoms with Crippen molar-refractivity contribution in [2.24, 2.45) is 0 Å². The molecule has 0 bridgehead atoms. The van der Waals surface area contributed by atoms with Crippen LogP contribution in [-0.2, 0) is 11.2 Å². The van der Waals surface area contributed by atoms with Gasteiger partial charge < -0.3 is 14.9 Å². The standard InChI is InChI=1S/C18H12Br10O3/c19-9-3-1-7(13(21)15(9)23)17(25,26)11(5-29)31-12(6-30)18(27,28)8-2-4-10(20)16(24)14(8)22/h1-4,11-12,29-30H,5-6H2. The van der Waals surface area contributed by atoms with Crippen LogP contribution >= 0.6 is 159 Å². The molecule has 2 aromatic rings. The van der Waals surface area contributed by atoms with Crippen LogP contribution in [0.1, 0.15) is 11.1 Å². The van der Waals surface area contributed by atoms with Crippen molar-refractivity contribution >= 4 is 159 Å². The van der Waals surface area contributed by atoms with E-state index in [-0.39, 0.29) is 13.2 Å². The molecule has 3 nitrogen and oxygen atoms in total. The Kier molecular flexibility index (Phi) is 12.3. The maximum atomic E-state index is 10.2. The molecular weight excluding hydrogens is 1060 g/mol. The maximum absolute atomic E-state index is 10.2. The van der Waals surface area contributed by atoms with E-state index in [9.17, 15) is 10.2 Å². The zero-order chi connectivity index (χ0) is 23.7. The Hall–Kier alpha value is 3.12. The number of aliphatic hydroxyl groups excluding tert-OH is 2. The summed E-state index contributed by atoms with van der Waals surface area (Å²) in [5.74, 6) is 0. The van der Waals surface area contributed by atoms with E-state index in [4.69, 9.17) is 4.74 Å². The Morgan fingerprint density at radius 1 is 0.613 bits per heavy atom. The van der Waals surface area contributed by atoms with E-state index in [0.29, 0.717) is 0 Å². The van der Waals surface area contributed by atoms with E-state index in [1.54, 1.807) is 0 Å². The van der Waals surface area contributed by atoms with Gasteiger partial charge in [0.2, 0.25) is 0 Å². The van der Waals surface area contributed by atoms with Gasteiger partial charge in [-0.05, 0) is 119 Å². The van der Waals surface area contributed by atoms with Gasteiger partial charge in [-0.2, -0.15) is 0 Å². The van der Waals surface area contributed by atoms with E-state index in [1.165, 1.54) is 0 Å². The largest absolute Gasteiger partial charge is 0.394 e. The summed E-state index contributed by atoms with van der Waals surface area (Å²) in [7, 11) is 0. The maximum Gasteiger partial charge on any atom is 0.135 e. The number of hydrogen-bond acceptors (Lipinski definition) is 3. The smallest absolute Gasteiger partial charge is 0.135 e. The average molecular weight is 1080 g/mol. The molecule has 0 spiro atoms. The fraction of sp³-hybridized carbons (Fsp3) is 0.333. The van der Waals surface area contributed by atoms with E-state index in [1.807, 2.05) is 24.3 Å². The minimum Gasteiger partial charge on any atom is -0.394 e. The number of aliphatic hydroxyl groups is 2. The third-order valence-corrected chi connectivity index (χ3v) is 14.8. The molecule has 0 aliphatic carbocycles. The summed E-state index contributed by atoms with van der Waals surface area (Å²) in [5, 5.41) is 20.4. The highest BCUT2D eigenvalue weighted by Crippen LogP contribution is 2.52. The van der Waals surface area contributed by atoms with Gasteiger partial charge in [-0.25, -0.2) is 0 Å². The molecule has 0 aliphatic heterocycles. The highest BCUT2D eigenvalue weighted by molar-refractivity contribution is 9.25. The highest BCUT2D eigenvalue weighted by Gasteiger charge is 2.45. The van der Waals surface area contributed by atoms with Crippen molar-refractivity contribution in [1.82, 2.24) is 0 Å². The first-order chi connectivity index (χ1) is 14.3. The quantitative estimate of drug-likeness (QED) is 0.205. The molecule has 0 aromatic heterocycles. The van der Waals surface area contributed by atoms with E-state index in [0.717, 1.165) is 38.0 Å². The first kappa shape index (κ1) is 30.3. The molecule has 31 heavy (non-hydrogen) atoms. The van der Waals surface area contributed by atoms with Crippen LogP contribution in [0.15, 0.2) is 51.1 Å². The van der Waals surface area contributed by atoms with Crippen molar-refractivity contribution in [2.75, 3.05) is 13.2 Å². The Balaban J connectivity index is 2.45. The van der Waals surface area contributed by atoms with Crippen LogP contribution in [-0.4, -0.2) is 35.6 Å². The molecule has 2 rings (SSSR count). The SMILES string of the molecule is OCC(OC(CO)C(Br)(Br)c1ccc(Br)c(Br)c1Br)C(Br)(Br)c1ccc(Br)c(Br)c1Br. The molecule has 13 heteroatoms. The van der Waals surface area contributed by atoms with Crippen LogP contribution < -0.4 is 0 Å². The van der Waals surface area contributed by atoms with Gasteiger partial charge in [-0.3, -0.25) is 0 Å². The molecule has 172 valence electrons. The minimum atomic E-state index is -0.960. The van der Waals surface area contributed by atoms with E-state index in [2.05, 4.69) is 159 Å². The molecule has 0 amide bonds. The molecule has 0 aliphatic rings. The molecule has 2 unspecified atom stereocenters. The molecule has 0 saturated heterocycles. The van der Waals surface area contributed by atoms with E-state index < -0.39 is 18.7 Å². The Bertz CT molecular complexity index is 875. The van der Waals surface area contributed by atoms with Gasteiger partial charge in [-0.1, -0.05) is 75.9 Å². The predicted octanol–water partition coefficient (Wildman–Crippen LogP) is 9.59. The lowest BCUT2D eigenvalue weighted by molar-refractivity contribution is -0.0670. The summed E-state index contributed by atoms with van der Waals surface area (Å²) < 4.78 is 9.28. The number of ether oxygens (including phenoxy) is 1. The number of halogens is 10. The fourth-order valence-electron chi connectivity index (χ4n) is 2.60. The topological polar surface area (TPSA) is 49.7 Å². The average Bonchev–Trinajstić information content (AvgIpc) is 2.70. The molecule has 2 aromatic carbocycles. The number of benzene rings is 2. The normalized spacial score (nSPS) is 14.6. The first-order valence-corrected chi connectivity index (χ1v) is 16.1. The second-order valence-corrected chi connectivity index (χ2v) is 18.2. The Morgan fingerprint density at radius 2 is 0.935 bits per heavy atom. The molecular formula is C18H12Br10O3. The summed E-state index contributed by atoms with van der Waals surface area (Å²) in [6, 6.07) is 7.55. The van der Waals surface area contributed by atoms with Gasteiger partial charge in [0.25, 0.3) is 0 Å².